The fourth-order valence-electron chi connectivity index (χ4n) is 3.51. The van der Waals surface area contributed by atoms with Crippen LogP contribution in [0.4, 0.5) is 4.39 Å². The molecule has 1 aliphatic carbocycles. The highest BCUT2D eigenvalue weighted by Crippen LogP contribution is 2.33. The Hall–Kier alpha value is -1.62. The number of rotatable bonds is 7. The second-order valence-electron chi connectivity index (χ2n) is 6.87. The summed E-state index contributed by atoms with van der Waals surface area (Å²) in [5.41, 5.74) is 2.88. The Labute approximate surface area is 140 Å². The van der Waals surface area contributed by atoms with Crippen LogP contribution in [-0.4, -0.2) is 0 Å². The minimum Gasteiger partial charge on any atom is -0.195 e. The number of nitrogens with zero attached hydrogens (tertiary/aromatic N) is 1. The molecule has 1 fully saturated rings. The van der Waals surface area contributed by atoms with E-state index in [1.165, 1.54) is 42.9 Å². The number of benzene rings is 1. The standard InChI is InChI=1S/C21H28FN/c1-2-3-4-17-5-7-18(8-6-17)9-10-19-11-13-20(14-12-19)15-21(22)16-23/h5-8,15,19-20H,2-4,9-14H2,1H3. The van der Waals surface area contributed by atoms with Gasteiger partial charge in [-0.25, -0.2) is 0 Å². The highest BCUT2D eigenvalue weighted by Gasteiger charge is 2.20. The van der Waals surface area contributed by atoms with E-state index in [9.17, 15) is 4.39 Å². The van der Waals surface area contributed by atoms with Gasteiger partial charge in [-0.2, -0.15) is 9.65 Å². The van der Waals surface area contributed by atoms with Crippen LogP contribution in [0.15, 0.2) is 36.2 Å². The van der Waals surface area contributed by atoms with E-state index in [1.807, 2.05) is 0 Å². The van der Waals surface area contributed by atoms with Gasteiger partial charge in [0.1, 0.15) is 6.07 Å². The van der Waals surface area contributed by atoms with E-state index in [0.717, 1.165) is 38.0 Å². The largest absolute Gasteiger partial charge is 0.196 e. The lowest BCUT2D eigenvalue weighted by molar-refractivity contribution is 0.294. The molecular formula is C21H28FN. The fourth-order valence-corrected chi connectivity index (χ4v) is 3.51. The first kappa shape index (κ1) is 17.7. The van der Waals surface area contributed by atoms with Crippen molar-refractivity contribution < 1.29 is 4.39 Å². The molecule has 0 unspecified atom stereocenters. The first-order chi connectivity index (χ1) is 11.2. The number of hydrogen-bond donors (Lipinski definition) is 0. The highest BCUT2D eigenvalue weighted by atomic mass is 19.1. The SMILES string of the molecule is CCCCc1ccc(CCC2CCC(C=C(F)C#N)CC2)cc1. The lowest BCUT2D eigenvalue weighted by Gasteiger charge is -2.26. The zero-order valence-corrected chi connectivity index (χ0v) is 14.2. The molecule has 2 heteroatoms. The maximum Gasteiger partial charge on any atom is 0.196 e. The summed E-state index contributed by atoms with van der Waals surface area (Å²) in [7, 11) is 0. The minimum absolute atomic E-state index is 0.267. The summed E-state index contributed by atoms with van der Waals surface area (Å²) in [4.78, 5) is 0. The minimum atomic E-state index is -0.614. The summed E-state index contributed by atoms with van der Waals surface area (Å²) >= 11 is 0. The maximum atomic E-state index is 13.0. The molecule has 1 aromatic carbocycles. The predicted octanol–water partition coefficient (Wildman–Crippen LogP) is 6.15. The third kappa shape index (κ3) is 6.18. The smallest absolute Gasteiger partial charge is 0.195 e. The van der Waals surface area contributed by atoms with E-state index in [4.69, 9.17) is 5.26 Å². The topological polar surface area (TPSA) is 23.8 Å². The molecule has 23 heavy (non-hydrogen) atoms. The van der Waals surface area contributed by atoms with Gasteiger partial charge < -0.3 is 0 Å². The van der Waals surface area contributed by atoms with Crippen LogP contribution in [0.1, 0.15) is 63.0 Å². The van der Waals surface area contributed by atoms with Crippen molar-refractivity contribution >= 4 is 0 Å². The predicted molar refractivity (Wildman–Crippen MR) is 93.6 cm³/mol. The van der Waals surface area contributed by atoms with Gasteiger partial charge in [0.25, 0.3) is 0 Å². The number of nitriles is 1. The molecule has 0 spiro atoms. The normalized spacial score (nSPS) is 21.9. The summed E-state index contributed by atoms with van der Waals surface area (Å²) in [6, 6.07) is 10.7. The van der Waals surface area contributed by atoms with Gasteiger partial charge in [-0.05, 0) is 80.4 Å². The van der Waals surface area contributed by atoms with Gasteiger partial charge in [-0.15, -0.1) is 0 Å². The van der Waals surface area contributed by atoms with Gasteiger partial charge >= 0.3 is 0 Å². The molecule has 0 N–H and O–H groups in total. The molecule has 0 saturated heterocycles. The van der Waals surface area contributed by atoms with Gasteiger partial charge in [-0.3, -0.25) is 0 Å². The van der Waals surface area contributed by atoms with Crippen LogP contribution >= 0.6 is 0 Å². The Morgan fingerprint density at radius 2 is 1.74 bits per heavy atom. The van der Waals surface area contributed by atoms with Crippen LogP contribution < -0.4 is 0 Å². The lowest BCUT2D eigenvalue weighted by atomic mass is 9.79. The van der Waals surface area contributed by atoms with Crippen LogP contribution in [0.3, 0.4) is 0 Å². The van der Waals surface area contributed by atoms with Gasteiger partial charge in [0.05, 0.1) is 0 Å². The maximum absolute atomic E-state index is 13.0. The van der Waals surface area contributed by atoms with E-state index < -0.39 is 5.83 Å². The molecular weight excluding hydrogens is 285 g/mol. The monoisotopic (exact) mass is 313 g/mol. The van der Waals surface area contributed by atoms with Gasteiger partial charge in [0, 0.05) is 0 Å². The van der Waals surface area contributed by atoms with Crippen molar-refractivity contribution in [3.8, 4) is 6.07 Å². The molecule has 0 atom stereocenters. The third-order valence-electron chi connectivity index (χ3n) is 5.06. The van der Waals surface area contributed by atoms with E-state index in [0.29, 0.717) is 0 Å². The van der Waals surface area contributed by atoms with Crippen LogP contribution in [0.2, 0.25) is 0 Å². The Bertz CT molecular complexity index is 530. The van der Waals surface area contributed by atoms with Gasteiger partial charge in [0.15, 0.2) is 5.83 Å². The van der Waals surface area contributed by atoms with Gasteiger partial charge in [-0.1, -0.05) is 37.6 Å². The molecule has 1 saturated carbocycles. The Balaban J connectivity index is 1.72. The van der Waals surface area contributed by atoms with Crippen molar-refractivity contribution in [2.75, 3.05) is 0 Å². The zero-order valence-electron chi connectivity index (χ0n) is 14.2. The fraction of sp³-hybridized carbons (Fsp3) is 0.571. The van der Waals surface area contributed by atoms with Crippen molar-refractivity contribution in [1.82, 2.24) is 0 Å². The first-order valence-electron chi connectivity index (χ1n) is 9.06. The number of aryl methyl sites for hydroxylation is 2. The first-order valence-corrected chi connectivity index (χ1v) is 9.06. The third-order valence-corrected chi connectivity index (χ3v) is 5.06. The van der Waals surface area contributed by atoms with E-state index in [-0.39, 0.29) is 5.92 Å². The highest BCUT2D eigenvalue weighted by molar-refractivity contribution is 5.22. The van der Waals surface area contributed by atoms with E-state index in [1.54, 1.807) is 6.07 Å². The average Bonchev–Trinajstić information content (AvgIpc) is 2.60. The van der Waals surface area contributed by atoms with Crippen LogP contribution in [0.5, 0.6) is 0 Å². The molecule has 1 aliphatic rings. The van der Waals surface area contributed by atoms with Crippen molar-refractivity contribution in [3.05, 3.63) is 47.3 Å². The Morgan fingerprint density at radius 1 is 1.13 bits per heavy atom. The summed E-state index contributed by atoms with van der Waals surface area (Å²) in [5.74, 6) is 0.407. The molecule has 0 bridgehead atoms. The van der Waals surface area contributed by atoms with Crippen LogP contribution in [0, 0.1) is 23.2 Å². The second-order valence-corrected chi connectivity index (χ2v) is 6.87. The Morgan fingerprint density at radius 3 is 2.30 bits per heavy atom. The molecule has 0 heterocycles. The molecule has 1 nitrogen and oxygen atoms in total. The van der Waals surface area contributed by atoms with Crippen LogP contribution in [0.25, 0.3) is 0 Å². The molecule has 0 amide bonds. The second kappa shape index (κ2) is 9.50. The number of allylic oxidation sites excluding steroid dienone is 2. The number of hydrogen-bond acceptors (Lipinski definition) is 1. The van der Waals surface area contributed by atoms with Crippen molar-refractivity contribution in [2.45, 2.75) is 64.7 Å². The molecule has 2 rings (SSSR count). The van der Waals surface area contributed by atoms with Crippen molar-refractivity contribution in [1.29, 1.82) is 5.26 Å². The molecule has 0 radical (unpaired) electrons. The summed E-state index contributed by atoms with van der Waals surface area (Å²) in [6.07, 6.45) is 12.0. The van der Waals surface area contributed by atoms with Crippen molar-refractivity contribution in [3.63, 3.8) is 0 Å². The van der Waals surface area contributed by atoms with Gasteiger partial charge in [0.2, 0.25) is 0 Å². The average molecular weight is 313 g/mol. The van der Waals surface area contributed by atoms with E-state index >= 15 is 0 Å². The molecule has 124 valence electrons. The molecule has 0 aromatic heterocycles. The summed E-state index contributed by atoms with van der Waals surface area (Å²) in [6.45, 7) is 2.23. The summed E-state index contributed by atoms with van der Waals surface area (Å²) < 4.78 is 13.0. The lowest BCUT2D eigenvalue weighted by Crippen LogP contribution is -2.14. The Kier molecular flexibility index (Phi) is 7.33. The zero-order chi connectivity index (χ0) is 16.5. The number of halogens is 1. The summed E-state index contributed by atoms with van der Waals surface area (Å²) in [5, 5.41) is 8.50. The molecule has 0 aliphatic heterocycles. The van der Waals surface area contributed by atoms with Crippen molar-refractivity contribution in [2.24, 2.45) is 11.8 Å². The quantitative estimate of drug-likeness (QED) is 0.554. The molecule has 1 aromatic rings. The van der Waals surface area contributed by atoms with E-state index in [2.05, 4.69) is 31.2 Å². The van der Waals surface area contributed by atoms with Crippen LogP contribution in [-0.2, 0) is 12.8 Å². The number of unbranched alkanes of at least 4 members (excludes halogenated alkanes) is 1.